The highest BCUT2D eigenvalue weighted by molar-refractivity contribution is 5.95. The minimum Gasteiger partial charge on any atom is -0.338 e. The van der Waals surface area contributed by atoms with Crippen LogP contribution < -0.4 is 0 Å². The highest BCUT2D eigenvalue weighted by atomic mass is 16.2. The molecule has 2 fully saturated rings. The summed E-state index contributed by atoms with van der Waals surface area (Å²) in [6.07, 6.45) is 2.82. The second-order valence-electron chi connectivity index (χ2n) is 7.03. The molecule has 1 amide bonds. The van der Waals surface area contributed by atoms with Gasteiger partial charge in [-0.05, 0) is 20.4 Å². The summed E-state index contributed by atoms with van der Waals surface area (Å²) in [7, 11) is 2.14. The molecular weight excluding hydrogens is 264 g/mol. The van der Waals surface area contributed by atoms with Crippen molar-refractivity contribution in [3.63, 3.8) is 0 Å². The van der Waals surface area contributed by atoms with Crippen LogP contribution in [0.5, 0.6) is 0 Å². The molecule has 0 aliphatic carbocycles. The zero-order chi connectivity index (χ0) is 15.2. The second-order valence-corrected chi connectivity index (χ2v) is 7.03. The Balaban J connectivity index is 1.74. The van der Waals surface area contributed by atoms with Crippen molar-refractivity contribution in [1.29, 1.82) is 0 Å². The average molecular weight is 288 g/mol. The number of carbonyl (C=O) groups excluding carboxylic acids is 1. The number of nitrogens with zero attached hydrogens (tertiary/aromatic N) is 4. The first-order valence-electron chi connectivity index (χ1n) is 7.72. The molecule has 1 aromatic heterocycles. The summed E-state index contributed by atoms with van der Waals surface area (Å²) in [6.45, 7) is 9.99. The maximum Gasteiger partial charge on any atom is 0.257 e. The van der Waals surface area contributed by atoms with Gasteiger partial charge in [0, 0.05) is 43.7 Å². The molecule has 0 aromatic carbocycles. The number of hydrogen-bond donors (Lipinski definition) is 0. The first-order valence-corrected chi connectivity index (χ1v) is 7.72. The minimum absolute atomic E-state index is 0.0919. The Bertz CT molecular complexity index is 563. The Labute approximate surface area is 126 Å². The number of rotatable bonds is 2. The molecule has 1 aromatic rings. The van der Waals surface area contributed by atoms with Gasteiger partial charge in [-0.15, -0.1) is 0 Å². The van der Waals surface area contributed by atoms with E-state index >= 15 is 0 Å². The van der Waals surface area contributed by atoms with Crippen LogP contribution in [0.4, 0.5) is 0 Å². The Kier molecular flexibility index (Phi) is 3.48. The Morgan fingerprint density at radius 1 is 1.33 bits per heavy atom. The van der Waals surface area contributed by atoms with Gasteiger partial charge in [0.2, 0.25) is 0 Å². The summed E-state index contributed by atoms with van der Waals surface area (Å²) >= 11 is 0. The number of likely N-dealkylation sites (tertiary alicyclic amines) is 2. The van der Waals surface area contributed by atoms with Crippen molar-refractivity contribution < 1.29 is 4.79 Å². The van der Waals surface area contributed by atoms with Crippen LogP contribution >= 0.6 is 0 Å². The molecule has 3 heterocycles. The summed E-state index contributed by atoms with van der Waals surface area (Å²) in [5, 5.41) is 0. The third-order valence-corrected chi connectivity index (χ3v) is 4.68. The molecule has 3 rings (SSSR count). The standard InChI is InChI=1S/C16H24N4O/c1-11(2)14-17-7-13(12(3)18-14)15(21)20-6-5-16(10-20)8-19(4)9-16/h7,11H,5-6,8-10H2,1-4H3. The molecule has 114 valence electrons. The van der Waals surface area contributed by atoms with Crippen LogP contribution in [0.3, 0.4) is 0 Å². The summed E-state index contributed by atoms with van der Waals surface area (Å²) < 4.78 is 0. The summed E-state index contributed by atoms with van der Waals surface area (Å²) in [4.78, 5) is 25.8. The monoisotopic (exact) mass is 288 g/mol. The number of amides is 1. The fraction of sp³-hybridized carbons (Fsp3) is 0.688. The van der Waals surface area contributed by atoms with Crippen LogP contribution in [0, 0.1) is 12.3 Å². The maximum atomic E-state index is 12.7. The van der Waals surface area contributed by atoms with Gasteiger partial charge in [0.1, 0.15) is 5.82 Å². The van der Waals surface area contributed by atoms with Crippen LogP contribution in [0.15, 0.2) is 6.20 Å². The van der Waals surface area contributed by atoms with E-state index in [-0.39, 0.29) is 11.8 Å². The van der Waals surface area contributed by atoms with Gasteiger partial charge in [-0.3, -0.25) is 4.79 Å². The smallest absolute Gasteiger partial charge is 0.257 e. The predicted octanol–water partition coefficient (Wildman–Crippen LogP) is 1.69. The van der Waals surface area contributed by atoms with Crippen LogP contribution in [0.25, 0.3) is 0 Å². The van der Waals surface area contributed by atoms with Gasteiger partial charge in [-0.2, -0.15) is 0 Å². The molecular formula is C16H24N4O. The molecule has 0 atom stereocenters. The van der Waals surface area contributed by atoms with Gasteiger partial charge >= 0.3 is 0 Å². The van der Waals surface area contributed by atoms with E-state index in [4.69, 9.17) is 0 Å². The van der Waals surface area contributed by atoms with Gasteiger partial charge in [-0.25, -0.2) is 9.97 Å². The van der Waals surface area contributed by atoms with E-state index < -0.39 is 0 Å². The fourth-order valence-electron chi connectivity index (χ4n) is 3.61. The fourth-order valence-corrected chi connectivity index (χ4v) is 3.61. The minimum atomic E-state index is 0.0919. The predicted molar refractivity (Wildman–Crippen MR) is 81.3 cm³/mol. The third-order valence-electron chi connectivity index (χ3n) is 4.68. The molecule has 0 bridgehead atoms. The summed E-state index contributed by atoms with van der Waals surface area (Å²) in [5.41, 5.74) is 1.80. The second kappa shape index (κ2) is 5.05. The Morgan fingerprint density at radius 3 is 2.62 bits per heavy atom. The van der Waals surface area contributed by atoms with Crippen molar-refractivity contribution in [1.82, 2.24) is 19.8 Å². The van der Waals surface area contributed by atoms with Crippen molar-refractivity contribution in [2.24, 2.45) is 5.41 Å². The normalized spacial score (nSPS) is 21.1. The Hall–Kier alpha value is -1.49. The summed E-state index contributed by atoms with van der Waals surface area (Å²) in [6, 6.07) is 0. The van der Waals surface area contributed by atoms with E-state index in [0.717, 1.165) is 44.1 Å². The zero-order valence-electron chi connectivity index (χ0n) is 13.4. The molecule has 1 spiro atoms. The van der Waals surface area contributed by atoms with Gasteiger partial charge in [0.25, 0.3) is 5.91 Å². The Morgan fingerprint density at radius 2 is 2.05 bits per heavy atom. The van der Waals surface area contributed by atoms with Crippen molar-refractivity contribution in [2.45, 2.75) is 33.1 Å². The van der Waals surface area contributed by atoms with Gasteiger partial charge < -0.3 is 9.80 Å². The molecule has 21 heavy (non-hydrogen) atoms. The molecule has 2 aliphatic heterocycles. The SMILES string of the molecule is Cc1nc(C(C)C)ncc1C(=O)N1CCC2(CN(C)C2)C1. The molecule has 0 unspecified atom stereocenters. The van der Waals surface area contributed by atoms with Gasteiger partial charge in [-0.1, -0.05) is 13.8 Å². The van der Waals surface area contributed by atoms with Gasteiger partial charge in [0.15, 0.2) is 0 Å². The lowest BCUT2D eigenvalue weighted by molar-refractivity contribution is 0.0293. The zero-order valence-corrected chi connectivity index (χ0v) is 13.4. The van der Waals surface area contributed by atoms with Crippen molar-refractivity contribution in [3.05, 3.63) is 23.3 Å². The molecule has 2 saturated heterocycles. The van der Waals surface area contributed by atoms with Crippen molar-refractivity contribution >= 4 is 5.91 Å². The lowest BCUT2D eigenvalue weighted by Crippen LogP contribution is -2.55. The molecule has 0 radical (unpaired) electrons. The van der Waals surface area contributed by atoms with E-state index in [1.165, 1.54) is 0 Å². The lowest BCUT2D eigenvalue weighted by Gasteiger charge is -2.46. The first-order chi connectivity index (χ1) is 9.90. The number of aryl methyl sites for hydroxylation is 1. The van der Waals surface area contributed by atoms with E-state index in [1.807, 2.05) is 11.8 Å². The van der Waals surface area contributed by atoms with Crippen LogP contribution in [-0.2, 0) is 0 Å². The molecule has 0 saturated carbocycles. The third kappa shape index (κ3) is 2.55. The van der Waals surface area contributed by atoms with Crippen molar-refractivity contribution in [2.75, 3.05) is 33.2 Å². The lowest BCUT2D eigenvalue weighted by atomic mass is 9.79. The molecule has 5 nitrogen and oxygen atoms in total. The van der Waals surface area contributed by atoms with E-state index in [1.54, 1.807) is 6.20 Å². The number of aromatic nitrogens is 2. The van der Waals surface area contributed by atoms with Gasteiger partial charge in [0.05, 0.1) is 11.3 Å². The van der Waals surface area contributed by atoms with E-state index in [9.17, 15) is 4.79 Å². The topological polar surface area (TPSA) is 49.3 Å². The number of carbonyl (C=O) groups is 1. The maximum absolute atomic E-state index is 12.7. The molecule has 2 aliphatic rings. The van der Waals surface area contributed by atoms with Crippen LogP contribution in [0.1, 0.15) is 48.1 Å². The van der Waals surface area contributed by atoms with E-state index in [2.05, 4.69) is 35.8 Å². The highest BCUT2D eigenvalue weighted by Crippen LogP contribution is 2.39. The largest absolute Gasteiger partial charge is 0.338 e. The average Bonchev–Trinajstić information content (AvgIpc) is 2.82. The van der Waals surface area contributed by atoms with E-state index in [0.29, 0.717) is 11.0 Å². The van der Waals surface area contributed by atoms with Crippen molar-refractivity contribution in [3.8, 4) is 0 Å². The highest BCUT2D eigenvalue weighted by Gasteiger charge is 2.47. The van der Waals surface area contributed by atoms with Crippen LogP contribution in [0.2, 0.25) is 0 Å². The number of hydrogen-bond acceptors (Lipinski definition) is 4. The first kappa shape index (κ1) is 14.4. The summed E-state index contributed by atoms with van der Waals surface area (Å²) in [5.74, 6) is 1.19. The quantitative estimate of drug-likeness (QED) is 0.831. The molecule has 5 heteroatoms. The molecule has 0 N–H and O–H groups in total. The van der Waals surface area contributed by atoms with Crippen LogP contribution in [-0.4, -0.2) is 58.9 Å².